The highest BCUT2D eigenvalue weighted by molar-refractivity contribution is 7.98. The van der Waals surface area contributed by atoms with Crippen LogP contribution >= 0.6 is 23.4 Å². The number of thioether (sulfide) groups is 1. The van der Waals surface area contributed by atoms with Crippen LogP contribution in [0.1, 0.15) is 5.56 Å². The van der Waals surface area contributed by atoms with E-state index in [1.807, 2.05) is 59.2 Å². The summed E-state index contributed by atoms with van der Waals surface area (Å²) < 4.78 is 15.1. The normalized spacial score (nSPS) is 10.9. The van der Waals surface area contributed by atoms with E-state index in [4.69, 9.17) is 11.6 Å². The van der Waals surface area contributed by atoms with E-state index >= 15 is 0 Å². The Morgan fingerprint density at radius 2 is 1.67 bits per heavy atom. The maximum Gasteiger partial charge on any atom is 0.196 e. The summed E-state index contributed by atoms with van der Waals surface area (Å²) in [6.45, 7) is 0. The molecule has 6 heteroatoms. The molecule has 0 N–H and O–H groups in total. The van der Waals surface area contributed by atoms with Crippen molar-refractivity contribution in [3.8, 4) is 17.1 Å². The number of halogens is 2. The molecule has 1 heterocycles. The second kappa shape index (κ2) is 7.94. The van der Waals surface area contributed by atoms with Crippen LogP contribution in [0.15, 0.2) is 84.0 Å². The fourth-order valence-corrected chi connectivity index (χ4v) is 3.81. The van der Waals surface area contributed by atoms with Gasteiger partial charge in [0.2, 0.25) is 0 Å². The molecular weight excluding hydrogens is 381 g/mol. The van der Waals surface area contributed by atoms with Crippen LogP contribution in [0, 0.1) is 5.82 Å². The Bertz CT molecular complexity index is 1050. The highest BCUT2D eigenvalue weighted by Crippen LogP contribution is 2.30. The Morgan fingerprint density at radius 1 is 0.889 bits per heavy atom. The van der Waals surface area contributed by atoms with E-state index in [0.717, 1.165) is 27.8 Å². The lowest BCUT2D eigenvalue weighted by Gasteiger charge is -2.10. The second-order valence-corrected chi connectivity index (χ2v) is 7.28. The molecule has 0 aliphatic carbocycles. The van der Waals surface area contributed by atoms with Crippen molar-refractivity contribution in [1.82, 2.24) is 14.8 Å². The van der Waals surface area contributed by atoms with Crippen molar-refractivity contribution in [3.63, 3.8) is 0 Å². The zero-order valence-electron chi connectivity index (χ0n) is 14.2. The Balaban J connectivity index is 1.72. The molecule has 3 nitrogen and oxygen atoms in total. The van der Waals surface area contributed by atoms with Gasteiger partial charge in [-0.2, -0.15) is 0 Å². The molecule has 134 valence electrons. The molecule has 1 aromatic heterocycles. The Kier molecular flexibility index (Phi) is 5.23. The van der Waals surface area contributed by atoms with Crippen LogP contribution in [-0.2, 0) is 5.75 Å². The third-order valence-corrected chi connectivity index (χ3v) is 5.25. The van der Waals surface area contributed by atoms with Crippen molar-refractivity contribution >= 4 is 23.4 Å². The molecule has 4 rings (SSSR count). The van der Waals surface area contributed by atoms with Crippen molar-refractivity contribution in [3.05, 3.63) is 95.3 Å². The minimum Gasteiger partial charge on any atom is -0.270 e. The summed E-state index contributed by atoms with van der Waals surface area (Å²) in [5.74, 6) is 1.16. The monoisotopic (exact) mass is 395 g/mol. The summed E-state index contributed by atoms with van der Waals surface area (Å²) in [5.41, 5.74) is 2.89. The molecule has 0 spiro atoms. The number of para-hydroxylation sites is 1. The quantitative estimate of drug-likeness (QED) is 0.387. The van der Waals surface area contributed by atoms with E-state index in [1.165, 1.54) is 12.1 Å². The molecular formula is C21H15ClFN3S. The Morgan fingerprint density at radius 3 is 2.41 bits per heavy atom. The van der Waals surface area contributed by atoms with Crippen LogP contribution in [-0.4, -0.2) is 14.8 Å². The van der Waals surface area contributed by atoms with E-state index in [9.17, 15) is 4.39 Å². The first-order valence-corrected chi connectivity index (χ1v) is 9.71. The molecule has 0 radical (unpaired) electrons. The van der Waals surface area contributed by atoms with Gasteiger partial charge in [0.1, 0.15) is 5.82 Å². The molecule has 0 saturated heterocycles. The van der Waals surface area contributed by atoms with E-state index in [0.29, 0.717) is 10.8 Å². The van der Waals surface area contributed by atoms with E-state index in [2.05, 4.69) is 10.2 Å². The molecule has 27 heavy (non-hydrogen) atoms. The van der Waals surface area contributed by atoms with E-state index in [1.54, 1.807) is 23.9 Å². The largest absolute Gasteiger partial charge is 0.270 e. The first-order valence-electron chi connectivity index (χ1n) is 8.35. The summed E-state index contributed by atoms with van der Waals surface area (Å²) in [6, 6.07) is 24.0. The van der Waals surface area contributed by atoms with Crippen LogP contribution in [0.5, 0.6) is 0 Å². The minimum absolute atomic E-state index is 0.237. The highest BCUT2D eigenvalue weighted by atomic mass is 35.5. The summed E-state index contributed by atoms with van der Waals surface area (Å²) in [4.78, 5) is 0. The van der Waals surface area contributed by atoms with Crippen LogP contribution < -0.4 is 0 Å². The minimum atomic E-state index is -0.237. The van der Waals surface area contributed by atoms with Gasteiger partial charge in [-0.1, -0.05) is 65.8 Å². The summed E-state index contributed by atoms with van der Waals surface area (Å²) in [7, 11) is 0. The van der Waals surface area contributed by atoms with Gasteiger partial charge in [-0.15, -0.1) is 10.2 Å². The van der Waals surface area contributed by atoms with Gasteiger partial charge in [-0.05, 0) is 42.0 Å². The molecule has 0 aliphatic rings. The lowest BCUT2D eigenvalue weighted by Crippen LogP contribution is -1.99. The first kappa shape index (κ1) is 17.8. The predicted molar refractivity (Wildman–Crippen MR) is 108 cm³/mol. The molecule has 0 unspecified atom stereocenters. The molecule has 4 aromatic rings. The van der Waals surface area contributed by atoms with Crippen LogP contribution in [0.3, 0.4) is 0 Å². The predicted octanol–water partition coefficient (Wildman–Crippen LogP) is 6.02. The SMILES string of the molecule is Fc1ccc(CSc2nnc(-c3cccc(Cl)c3)n2-c2ccccc2)cc1. The summed E-state index contributed by atoms with van der Waals surface area (Å²) in [6.07, 6.45) is 0. The lowest BCUT2D eigenvalue weighted by atomic mass is 10.2. The second-order valence-electron chi connectivity index (χ2n) is 5.90. The fourth-order valence-electron chi connectivity index (χ4n) is 2.72. The standard InChI is InChI=1S/C21H15ClFN3S/c22-17-6-4-5-16(13-17)20-24-25-21(26(20)19-7-2-1-3-8-19)27-14-15-9-11-18(23)12-10-15/h1-13H,14H2. The maximum absolute atomic E-state index is 13.1. The molecule has 0 atom stereocenters. The first-order chi connectivity index (χ1) is 13.2. The topological polar surface area (TPSA) is 30.7 Å². The van der Waals surface area contributed by atoms with Crippen molar-refractivity contribution in [2.24, 2.45) is 0 Å². The third-order valence-electron chi connectivity index (χ3n) is 4.01. The van der Waals surface area contributed by atoms with Crippen LogP contribution in [0.2, 0.25) is 5.02 Å². The van der Waals surface area contributed by atoms with E-state index in [-0.39, 0.29) is 5.82 Å². The average molecular weight is 396 g/mol. The molecule has 3 aromatic carbocycles. The van der Waals surface area contributed by atoms with Gasteiger partial charge in [0.05, 0.1) is 0 Å². The number of nitrogens with zero attached hydrogens (tertiary/aromatic N) is 3. The third kappa shape index (κ3) is 4.04. The van der Waals surface area contributed by atoms with Crippen molar-refractivity contribution in [2.45, 2.75) is 10.9 Å². The Hall–Kier alpha value is -2.63. The molecule has 0 bridgehead atoms. The number of aromatic nitrogens is 3. The van der Waals surface area contributed by atoms with Gasteiger partial charge in [0.15, 0.2) is 11.0 Å². The number of benzene rings is 3. The maximum atomic E-state index is 13.1. The van der Waals surface area contributed by atoms with Crippen LogP contribution in [0.25, 0.3) is 17.1 Å². The zero-order valence-corrected chi connectivity index (χ0v) is 15.8. The summed E-state index contributed by atoms with van der Waals surface area (Å²) in [5, 5.41) is 10.2. The fraction of sp³-hybridized carbons (Fsp3) is 0.0476. The zero-order chi connectivity index (χ0) is 18.6. The number of rotatable bonds is 5. The van der Waals surface area contributed by atoms with Crippen LogP contribution in [0.4, 0.5) is 4.39 Å². The number of hydrogen-bond donors (Lipinski definition) is 0. The number of hydrogen-bond acceptors (Lipinski definition) is 3. The molecule has 0 fully saturated rings. The van der Waals surface area contributed by atoms with Crippen molar-refractivity contribution in [2.75, 3.05) is 0 Å². The Labute approximate surface area is 165 Å². The van der Waals surface area contributed by atoms with Gasteiger partial charge in [-0.3, -0.25) is 4.57 Å². The molecule has 0 aliphatic heterocycles. The van der Waals surface area contributed by atoms with Gasteiger partial charge >= 0.3 is 0 Å². The van der Waals surface area contributed by atoms with Gasteiger partial charge in [0.25, 0.3) is 0 Å². The van der Waals surface area contributed by atoms with Gasteiger partial charge in [-0.25, -0.2) is 4.39 Å². The van der Waals surface area contributed by atoms with Gasteiger partial charge in [0, 0.05) is 22.0 Å². The van der Waals surface area contributed by atoms with Gasteiger partial charge < -0.3 is 0 Å². The smallest absolute Gasteiger partial charge is 0.196 e. The lowest BCUT2D eigenvalue weighted by molar-refractivity contribution is 0.627. The van der Waals surface area contributed by atoms with Crippen molar-refractivity contribution in [1.29, 1.82) is 0 Å². The van der Waals surface area contributed by atoms with E-state index < -0.39 is 0 Å². The molecule has 0 saturated carbocycles. The molecule has 0 amide bonds. The average Bonchev–Trinajstić information content (AvgIpc) is 3.12. The summed E-state index contributed by atoms with van der Waals surface area (Å²) >= 11 is 7.72. The highest BCUT2D eigenvalue weighted by Gasteiger charge is 2.16. The van der Waals surface area contributed by atoms with Crippen molar-refractivity contribution < 1.29 is 4.39 Å².